The molecule has 0 saturated heterocycles. The van der Waals surface area contributed by atoms with Gasteiger partial charge in [-0.05, 0) is 18.4 Å². The van der Waals surface area contributed by atoms with Gasteiger partial charge in [-0.1, -0.05) is 26.0 Å². The van der Waals surface area contributed by atoms with E-state index in [1.807, 2.05) is 20.8 Å². The number of rotatable bonds is 5. The predicted octanol–water partition coefficient (Wildman–Crippen LogP) is 2.30. The standard InChI is InChI=1S/C13H18N2O3/c1-9(2)10(3)14-13(16)8-11-4-6-12(7-5-11)15(17)18/h4-7,9-10H,8H2,1-3H3,(H,14,16). The van der Waals surface area contributed by atoms with Gasteiger partial charge in [-0.15, -0.1) is 0 Å². The first-order chi connectivity index (χ1) is 8.40. The third-order valence-electron chi connectivity index (χ3n) is 2.90. The zero-order chi connectivity index (χ0) is 13.7. The summed E-state index contributed by atoms with van der Waals surface area (Å²) in [6.07, 6.45) is 0.245. The Kier molecular flexibility index (Phi) is 4.83. The lowest BCUT2D eigenvalue weighted by Gasteiger charge is -2.17. The van der Waals surface area contributed by atoms with Crippen molar-refractivity contribution >= 4 is 11.6 Å². The van der Waals surface area contributed by atoms with Crippen molar-refractivity contribution in [2.24, 2.45) is 5.92 Å². The van der Waals surface area contributed by atoms with Gasteiger partial charge in [0.05, 0.1) is 11.3 Å². The molecule has 1 atom stereocenters. The van der Waals surface area contributed by atoms with E-state index in [9.17, 15) is 14.9 Å². The third kappa shape index (κ3) is 4.16. The van der Waals surface area contributed by atoms with Crippen LogP contribution in [-0.2, 0) is 11.2 Å². The number of amides is 1. The Bertz CT molecular complexity index is 426. The highest BCUT2D eigenvalue weighted by molar-refractivity contribution is 5.78. The first-order valence-corrected chi connectivity index (χ1v) is 5.93. The SMILES string of the molecule is CC(C)C(C)NC(=O)Cc1ccc([N+](=O)[O-])cc1. The van der Waals surface area contributed by atoms with Crippen LogP contribution >= 0.6 is 0 Å². The van der Waals surface area contributed by atoms with Gasteiger partial charge in [0.25, 0.3) is 5.69 Å². The van der Waals surface area contributed by atoms with E-state index in [0.29, 0.717) is 5.92 Å². The van der Waals surface area contributed by atoms with Crippen molar-refractivity contribution in [1.29, 1.82) is 0 Å². The number of hydrogen-bond donors (Lipinski definition) is 1. The second-order valence-electron chi connectivity index (χ2n) is 4.70. The lowest BCUT2D eigenvalue weighted by atomic mass is 10.1. The minimum atomic E-state index is -0.454. The number of nitrogens with one attached hydrogen (secondary N) is 1. The maximum Gasteiger partial charge on any atom is 0.269 e. The lowest BCUT2D eigenvalue weighted by molar-refractivity contribution is -0.384. The molecule has 0 aromatic heterocycles. The van der Waals surface area contributed by atoms with Gasteiger partial charge in [-0.3, -0.25) is 14.9 Å². The largest absolute Gasteiger partial charge is 0.353 e. The summed E-state index contributed by atoms with van der Waals surface area (Å²) in [5, 5.41) is 13.4. The molecule has 0 saturated carbocycles. The summed E-state index contributed by atoms with van der Waals surface area (Å²) < 4.78 is 0. The highest BCUT2D eigenvalue weighted by atomic mass is 16.6. The fourth-order valence-corrected chi connectivity index (χ4v) is 1.39. The molecule has 1 amide bonds. The molecule has 1 N–H and O–H groups in total. The van der Waals surface area contributed by atoms with Crippen LogP contribution in [0, 0.1) is 16.0 Å². The average Bonchev–Trinajstić information content (AvgIpc) is 2.29. The van der Waals surface area contributed by atoms with E-state index in [2.05, 4.69) is 5.32 Å². The number of carbonyl (C=O) groups excluding carboxylic acids is 1. The van der Waals surface area contributed by atoms with Crippen LogP contribution in [0.25, 0.3) is 0 Å². The molecule has 0 spiro atoms. The summed E-state index contributed by atoms with van der Waals surface area (Å²) >= 11 is 0. The van der Waals surface area contributed by atoms with Crippen LogP contribution in [0.1, 0.15) is 26.3 Å². The summed E-state index contributed by atoms with van der Waals surface area (Å²) in [5.41, 5.74) is 0.809. The van der Waals surface area contributed by atoms with Crippen molar-refractivity contribution in [3.8, 4) is 0 Å². The van der Waals surface area contributed by atoms with Crippen LogP contribution in [0.3, 0.4) is 0 Å². The van der Waals surface area contributed by atoms with E-state index >= 15 is 0 Å². The van der Waals surface area contributed by atoms with Gasteiger partial charge >= 0.3 is 0 Å². The molecule has 5 heteroatoms. The quantitative estimate of drug-likeness (QED) is 0.643. The number of non-ortho nitro benzene ring substituents is 1. The minimum Gasteiger partial charge on any atom is -0.353 e. The maximum absolute atomic E-state index is 11.7. The van der Waals surface area contributed by atoms with Crippen LogP contribution in [-0.4, -0.2) is 16.9 Å². The molecule has 5 nitrogen and oxygen atoms in total. The van der Waals surface area contributed by atoms with Gasteiger partial charge in [0.15, 0.2) is 0 Å². The molecular formula is C13H18N2O3. The molecule has 1 aromatic rings. The van der Waals surface area contributed by atoms with Crippen molar-refractivity contribution in [3.63, 3.8) is 0 Å². The highest BCUT2D eigenvalue weighted by Crippen LogP contribution is 2.12. The van der Waals surface area contributed by atoms with E-state index in [4.69, 9.17) is 0 Å². The highest BCUT2D eigenvalue weighted by Gasteiger charge is 2.11. The number of nitro benzene ring substituents is 1. The molecule has 98 valence electrons. The Morgan fingerprint density at radius 3 is 2.28 bits per heavy atom. The van der Waals surface area contributed by atoms with Crippen molar-refractivity contribution < 1.29 is 9.72 Å². The molecule has 1 aromatic carbocycles. The fraction of sp³-hybridized carbons (Fsp3) is 0.462. The fourth-order valence-electron chi connectivity index (χ4n) is 1.39. The van der Waals surface area contributed by atoms with E-state index < -0.39 is 4.92 Å². The Morgan fingerprint density at radius 2 is 1.83 bits per heavy atom. The van der Waals surface area contributed by atoms with Crippen LogP contribution < -0.4 is 5.32 Å². The molecule has 0 aliphatic rings. The van der Waals surface area contributed by atoms with Gasteiger partial charge in [-0.2, -0.15) is 0 Å². The van der Waals surface area contributed by atoms with Crippen molar-refractivity contribution in [3.05, 3.63) is 39.9 Å². The second kappa shape index (κ2) is 6.14. The van der Waals surface area contributed by atoms with Crippen molar-refractivity contribution in [1.82, 2.24) is 5.32 Å². The third-order valence-corrected chi connectivity index (χ3v) is 2.90. The Balaban J connectivity index is 2.57. The minimum absolute atomic E-state index is 0.0368. The summed E-state index contributed by atoms with van der Waals surface area (Å²) in [5.74, 6) is 0.316. The van der Waals surface area contributed by atoms with Gasteiger partial charge < -0.3 is 5.32 Å². The van der Waals surface area contributed by atoms with Gasteiger partial charge in [0, 0.05) is 18.2 Å². The Morgan fingerprint density at radius 1 is 1.28 bits per heavy atom. The van der Waals surface area contributed by atoms with Gasteiger partial charge in [0.2, 0.25) is 5.91 Å². The molecule has 0 radical (unpaired) electrons. The first-order valence-electron chi connectivity index (χ1n) is 5.93. The normalized spacial score (nSPS) is 12.2. The summed E-state index contributed by atoms with van der Waals surface area (Å²) in [4.78, 5) is 21.7. The Labute approximate surface area is 106 Å². The average molecular weight is 250 g/mol. The van der Waals surface area contributed by atoms with Crippen LogP contribution in [0.5, 0.6) is 0 Å². The molecule has 1 rings (SSSR count). The monoisotopic (exact) mass is 250 g/mol. The van der Waals surface area contributed by atoms with Gasteiger partial charge in [0.1, 0.15) is 0 Å². The van der Waals surface area contributed by atoms with Crippen LogP contribution in [0.2, 0.25) is 0 Å². The molecular weight excluding hydrogens is 232 g/mol. The van der Waals surface area contributed by atoms with Crippen molar-refractivity contribution in [2.75, 3.05) is 0 Å². The zero-order valence-electron chi connectivity index (χ0n) is 10.8. The summed E-state index contributed by atoms with van der Waals surface area (Å²) in [6.45, 7) is 6.03. The number of nitro groups is 1. The Hall–Kier alpha value is -1.91. The van der Waals surface area contributed by atoms with Crippen LogP contribution in [0.4, 0.5) is 5.69 Å². The zero-order valence-corrected chi connectivity index (χ0v) is 10.8. The summed E-state index contributed by atoms with van der Waals surface area (Å²) in [7, 11) is 0. The lowest BCUT2D eigenvalue weighted by Crippen LogP contribution is -2.37. The number of carbonyl (C=O) groups is 1. The first kappa shape index (κ1) is 14.2. The predicted molar refractivity (Wildman–Crippen MR) is 69.2 cm³/mol. The van der Waals surface area contributed by atoms with E-state index in [0.717, 1.165) is 5.56 Å². The maximum atomic E-state index is 11.7. The van der Waals surface area contributed by atoms with Gasteiger partial charge in [-0.25, -0.2) is 0 Å². The smallest absolute Gasteiger partial charge is 0.269 e. The number of hydrogen-bond acceptors (Lipinski definition) is 3. The van der Waals surface area contributed by atoms with E-state index in [1.165, 1.54) is 12.1 Å². The molecule has 0 aliphatic carbocycles. The molecule has 0 fully saturated rings. The van der Waals surface area contributed by atoms with E-state index in [-0.39, 0.29) is 24.1 Å². The topological polar surface area (TPSA) is 72.2 Å². The molecule has 1 unspecified atom stereocenters. The molecule has 0 aliphatic heterocycles. The number of nitrogens with zero attached hydrogens (tertiary/aromatic N) is 1. The molecule has 0 bridgehead atoms. The van der Waals surface area contributed by atoms with Crippen LogP contribution in [0.15, 0.2) is 24.3 Å². The molecule has 0 heterocycles. The van der Waals surface area contributed by atoms with E-state index in [1.54, 1.807) is 12.1 Å². The van der Waals surface area contributed by atoms with Crippen molar-refractivity contribution in [2.45, 2.75) is 33.2 Å². The summed E-state index contributed by atoms with van der Waals surface area (Å²) in [6, 6.07) is 6.16. The molecule has 18 heavy (non-hydrogen) atoms. The second-order valence-corrected chi connectivity index (χ2v) is 4.70. The number of benzene rings is 1.